The second-order valence-electron chi connectivity index (χ2n) is 2.05. The second-order valence-corrected chi connectivity index (χ2v) is 2.05. The van der Waals surface area contributed by atoms with Crippen molar-refractivity contribution in [1.29, 1.82) is 5.26 Å². The van der Waals surface area contributed by atoms with Crippen molar-refractivity contribution in [3.8, 4) is 6.07 Å². The summed E-state index contributed by atoms with van der Waals surface area (Å²) in [7, 11) is 0. The van der Waals surface area contributed by atoms with Gasteiger partial charge in [0.25, 0.3) is 0 Å². The Kier molecular flexibility index (Phi) is 2.49. The lowest BCUT2D eigenvalue weighted by Crippen LogP contribution is -2.24. The van der Waals surface area contributed by atoms with Crippen LogP contribution in [0.25, 0.3) is 0 Å². The SMILES string of the molecule is N#CC1CNCCCO1. The molecule has 0 radical (unpaired) electrons. The molecule has 3 heteroatoms. The third-order valence-corrected chi connectivity index (χ3v) is 1.29. The van der Waals surface area contributed by atoms with Crippen LogP contribution in [0.2, 0.25) is 0 Å². The summed E-state index contributed by atoms with van der Waals surface area (Å²) >= 11 is 0. The molecule has 9 heavy (non-hydrogen) atoms. The van der Waals surface area contributed by atoms with Crippen molar-refractivity contribution in [3.63, 3.8) is 0 Å². The summed E-state index contributed by atoms with van der Waals surface area (Å²) in [5, 5.41) is 11.5. The van der Waals surface area contributed by atoms with E-state index in [0.29, 0.717) is 13.2 Å². The lowest BCUT2D eigenvalue weighted by Gasteiger charge is -2.02. The Morgan fingerprint density at radius 1 is 1.67 bits per heavy atom. The summed E-state index contributed by atoms with van der Waals surface area (Å²) in [4.78, 5) is 0. The van der Waals surface area contributed by atoms with Crippen molar-refractivity contribution < 1.29 is 4.74 Å². The van der Waals surface area contributed by atoms with Crippen LogP contribution >= 0.6 is 0 Å². The molecule has 1 fully saturated rings. The van der Waals surface area contributed by atoms with Crippen LogP contribution in [0.1, 0.15) is 6.42 Å². The Balaban J connectivity index is 2.29. The van der Waals surface area contributed by atoms with Gasteiger partial charge in [-0.25, -0.2) is 0 Å². The van der Waals surface area contributed by atoms with Gasteiger partial charge in [-0.15, -0.1) is 0 Å². The molecule has 1 aliphatic heterocycles. The summed E-state index contributed by atoms with van der Waals surface area (Å²) in [6.07, 6.45) is 0.783. The van der Waals surface area contributed by atoms with E-state index in [1.54, 1.807) is 0 Å². The van der Waals surface area contributed by atoms with Crippen molar-refractivity contribution in [2.45, 2.75) is 12.5 Å². The highest BCUT2D eigenvalue weighted by molar-refractivity contribution is 4.86. The third-order valence-electron chi connectivity index (χ3n) is 1.29. The van der Waals surface area contributed by atoms with Crippen molar-refractivity contribution in [2.75, 3.05) is 19.7 Å². The van der Waals surface area contributed by atoms with Crippen LogP contribution in [0.5, 0.6) is 0 Å². The predicted molar refractivity (Wildman–Crippen MR) is 32.8 cm³/mol. The minimum Gasteiger partial charge on any atom is -0.362 e. The van der Waals surface area contributed by atoms with E-state index in [2.05, 4.69) is 11.4 Å². The quantitative estimate of drug-likeness (QED) is 0.492. The Hall–Kier alpha value is -0.590. The molecule has 0 aromatic heterocycles. The molecule has 0 aromatic carbocycles. The molecule has 1 heterocycles. The Morgan fingerprint density at radius 2 is 2.56 bits per heavy atom. The molecule has 1 atom stereocenters. The second kappa shape index (κ2) is 3.44. The maximum Gasteiger partial charge on any atom is 0.156 e. The smallest absolute Gasteiger partial charge is 0.156 e. The standard InChI is InChI=1S/C6H10N2O/c7-4-6-5-8-2-1-3-9-6/h6,8H,1-3,5H2. The summed E-state index contributed by atoms with van der Waals surface area (Å²) in [6, 6.07) is 2.06. The largest absolute Gasteiger partial charge is 0.362 e. The normalized spacial score (nSPS) is 28.6. The molecule has 1 N–H and O–H groups in total. The molecule has 3 nitrogen and oxygen atoms in total. The van der Waals surface area contributed by atoms with Gasteiger partial charge in [-0.05, 0) is 13.0 Å². The van der Waals surface area contributed by atoms with Crippen LogP contribution in [0.4, 0.5) is 0 Å². The zero-order valence-corrected chi connectivity index (χ0v) is 5.26. The van der Waals surface area contributed by atoms with Crippen molar-refractivity contribution in [2.24, 2.45) is 0 Å². The van der Waals surface area contributed by atoms with Crippen LogP contribution < -0.4 is 5.32 Å². The fourth-order valence-corrected chi connectivity index (χ4v) is 0.798. The van der Waals surface area contributed by atoms with E-state index in [1.807, 2.05) is 0 Å². The maximum absolute atomic E-state index is 8.40. The number of hydrogen-bond acceptors (Lipinski definition) is 3. The fourth-order valence-electron chi connectivity index (χ4n) is 0.798. The maximum atomic E-state index is 8.40. The molecule has 0 spiro atoms. The molecule has 1 saturated heterocycles. The number of nitrogens with one attached hydrogen (secondary N) is 1. The third kappa shape index (κ3) is 2.00. The van der Waals surface area contributed by atoms with Crippen molar-refractivity contribution in [3.05, 3.63) is 0 Å². The average Bonchev–Trinajstić information content (AvgIpc) is 2.13. The lowest BCUT2D eigenvalue weighted by molar-refractivity contribution is 0.105. The first-order chi connectivity index (χ1) is 4.43. The van der Waals surface area contributed by atoms with Crippen LogP contribution in [0.3, 0.4) is 0 Å². The highest BCUT2D eigenvalue weighted by Gasteiger charge is 2.08. The molecular weight excluding hydrogens is 116 g/mol. The van der Waals surface area contributed by atoms with Gasteiger partial charge in [0, 0.05) is 13.2 Å². The fraction of sp³-hybridized carbons (Fsp3) is 0.833. The minimum atomic E-state index is -0.229. The molecule has 0 saturated carbocycles. The summed E-state index contributed by atoms with van der Waals surface area (Å²) in [6.45, 7) is 2.36. The number of ether oxygens (including phenoxy) is 1. The average molecular weight is 126 g/mol. The monoisotopic (exact) mass is 126 g/mol. The molecule has 0 aromatic rings. The first-order valence-electron chi connectivity index (χ1n) is 3.15. The van der Waals surface area contributed by atoms with Gasteiger partial charge in [-0.2, -0.15) is 5.26 Å². The van der Waals surface area contributed by atoms with Crippen LogP contribution in [0.15, 0.2) is 0 Å². The molecular formula is C6H10N2O. The number of hydrogen-bond donors (Lipinski definition) is 1. The molecule has 0 amide bonds. The predicted octanol–water partition coefficient (Wildman–Crippen LogP) is -0.112. The van der Waals surface area contributed by atoms with Crippen LogP contribution in [0, 0.1) is 11.3 Å². The zero-order chi connectivity index (χ0) is 6.53. The van der Waals surface area contributed by atoms with Gasteiger partial charge in [0.1, 0.15) is 0 Å². The summed E-state index contributed by atoms with van der Waals surface area (Å²) < 4.78 is 5.13. The Morgan fingerprint density at radius 3 is 3.33 bits per heavy atom. The van der Waals surface area contributed by atoms with E-state index in [9.17, 15) is 0 Å². The Bertz CT molecular complexity index is 111. The summed E-state index contributed by atoms with van der Waals surface area (Å²) in [5.74, 6) is 0. The van der Waals surface area contributed by atoms with Gasteiger partial charge in [0.2, 0.25) is 0 Å². The number of nitriles is 1. The molecule has 0 aliphatic carbocycles. The van der Waals surface area contributed by atoms with E-state index in [4.69, 9.17) is 10.00 Å². The molecule has 1 unspecified atom stereocenters. The van der Waals surface area contributed by atoms with E-state index >= 15 is 0 Å². The van der Waals surface area contributed by atoms with Crippen LogP contribution in [-0.4, -0.2) is 25.8 Å². The van der Waals surface area contributed by atoms with E-state index in [0.717, 1.165) is 13.0 Å². The van der Waals surface area contributed by atoms with Crippen LogP contribution in [-0.2, 0) is 4.74 Å². The van der Waals surface area contributed by atoms with Gasteiger partial charge < -0.3 is 10.1 Å². The summed E-state index contributed by atoms with van der Waals surface area (Å²) in [5.41, 5.74) is 0. The first-order valence-corrected chi connectivity index (χ1v) is 3.15. The molecule has 50 valence electrons. The van der Waals surface area contributed by atoms with E-state index in [1.165, 1.54) is 0 Å². The van der Waals surface area contributed by atoms with Gasteiger partial charge in [-0.1, -0.05) is 0 Å². The Labute approximate surface area is 54.6 Å². The van der Waals surface area contributed by atoms with E-state index < -0.39 is 0 Å². The number of nitrogens with zero attached hydrogens (tertiary/aromatic N) is 1. The van der Waals surface area contributed by atoms with Crippen molar-refractivity contribution >= 4 is 0 Å². The minimum absolute atomic E-state index is 0.229. The van der Waals surface area contributed by atoms with Gasteiger partial charge in [-0.3, -0.25) is 0 Å². The zero-order valence-electron chi connectivity index (χ0n) is 5.26. The topological polar surface area (TPSA) is 45.0 Å². The molecule has 1 aliphatic rings. The lowest BCUT2D eigenvalue weighted by atomic mass is 10.4. The van der Waals surface area contributed by atoms with Gasteiger partial charge in [0.05, 0.1) is 6.07 Å². The first kappa shape index (κ1) is 6.53. The highest BCUT2D eigenvalue weighted by atomic mass is 16.5. The van der Waals surface area contributed by atoms with E-state index in [-0.39, 0.29) is 6.10 Å². The highest BCUT2D eigenvalue weighted by Crippen LogP contribution is 1.94. The van der Waals surface area contributed by atoms with Gasteiger partial charge >= 0.3 is 0 Å². The molecule has 0 bridgehead atoms. The molecule has 1 rings (SSSR count). The number of rotatable bonds is 0. The van der Waals surface area contributed by atoms with Gasteiger partial charge in [0.15, 0.2) is 6.10 Å². The van der Waals surface area contributed by atoms with Crippen molar-refractivity contribution in [1.82, 2.24) is 5.32 Å².